The summed E-state index contributed by atoms with van der Waals surface area (Å²) >= 11 is 1.63. The lowest BCUT2D eigenvalue weighted by Crippen LogP contribution is -2.57. The van der Waals surface area contributed by atoms with E-state index in [1.54, 1.807) is 30.5 Å². The molecule has 0 saturated carbocycles. The normalized spacial score (nSPS) is 18.4. The Hall–Kier alpha value is -1.86. The number of ether oxygens (including phenoxy) is 1. The van der Waals surface area contributed by atoms with E-state index in [0.29, 0.717) is 24.7 Å². The van der Waals surface area contributed by atoms with Crippen molar-refractivity contribution in [3.63, 3.8) is 0 Å². The number of thioether (sulfide) groups is 1. The maximum absolute atomic E-state index is 14.2. The van der Waals surface area contributed by atoms with E-state index in [1.807, 2.05) is 42.5 Å². The molecule has 2 aliphatic heterocycles. The highest BCUT2D eigenvalue weighted by Gasteiger charge is 2.57. The molecule has 3 nitrogen and oxygen atoms in total. The highest BCUT2D eigenvalue weighted by Crippen LogP contribution is 2.46. The van der Waals surface area contributed by atoms with Crippen LogP contribution < -0.4 is 9.64 Å². The second-order valence-corrected chi connectivity index (χ2v) is 9.86. The second-order valence-electron chi connectivity index (χ2n) is 8.72. The van der Waals surface area contributed by atoms with Crippen LogP contribution >= 0.6 is 11.8 Å². The van der Waals surface area contributed by atoms with Gasteiger partial charge in [-0.3, -0.25) is 0 Å². The molecular formula is C23H26F3NO2S. The summed E-state index contributed by atoms with van der Waals surface area (Å²) in [7, 11) is 0. The number of nitrogens with zero attached hydrogens (tertiary/aromatic N) is 1. The molecule has 4 rings (SSSR count). The van der Waals surface area contributed by atoms with Gasteiger partial charge in [-0.15, -0.1) is 11.8 Å². The van der Waals surface area contributed by atoms with Gasteiger partial charge in [-0.05, 0) is 29.5 Å². The molecule has 2 aromatic carbocycles. The van der Waals surface area contributed by atoms with E-state index in [0.717, 1.165) is 28.1 Å². The lowest BCUT2D eigenvalue weighted by molar-refractivity contribution is -0.262. The van der Waals surface area contributed by atoms with Crippen LogP contribution in [0, 0.1) is 0 Å². The number of anilines is 1. The standard InChI is InChI=1S/C23H26F3NO2S/c1-21(2,17-7-5-6-16-10-12-29-20(16)17)14-22(28,23(24,25)26)15-27-11-13-30-19-9-4-3-8-18(19)27/h3-9,28H,10-15H2,1-2H3. The van der Waals surface area contributed by atoms with Crippen molar-refractivity contribution >= 4 is 17.4 Å². The maximum atomic E-state index is 14.2. The zero-order valence-electron chi connectivity index (χ0n) is 17.1. The molecule has 0 bridgehead atoms. The summed E-state index contributed by atoms with van der Waals surface area (Å²) in [6, 6.07) is 13.0. The van der Waals surface area contributed by atoms with Gasteiger partial charge in [0.1, 0.15) is 5.75 Å². The summed E-state index contributed by atoms with van der Waals surface area (Å²) in [4.78, 5) is 2.61. The van der Waals surface area contributed by atoms with Crippen LogP contribution in [0.4, 0.5) is 18.9 Å². The van der Waals surface area contributed by atoms with Gasteiger partial charge in [0.15, 0.2) is 5.60 Å². The minimum absolute atomic E-state index is 0.449. The topological polar surface area (TPSA) is 32.7 Å². The number of hydrogen-bond donors (Lipinski definition) is 1. The monoisotopic (exact) mass is 437 g/mol. The fourth-order valence-electron chi connectivity index (χ4n) is 4.53. The SMILES string of the molecule is CC(C)(CC(O)(CN1CCSc2ccccc21)C(F)(F)F)c1cccc2c1OCC2. The van der Waals surface area contributed by atoms with Crippen molar-refractivity contribution in [2.24, 2.45) is 0 Å². The van der Waals surface area contributed by atoms with Crippen molar-refractivity contribution in [2.75, 3.05) is 30.3 Å². The molecule has 7 heteroatoms. The number of halogens is 3. The molecular weight excluding hydrogens is 411 g/mol. The molecule has 0 saturated heterocycles. The van der Waals surface area contributed by atoms with Crippen molar-refractivity contribution in [2.45, 2.75) is 48.8 Å². The predicted octanol–water partition coefficient (Wildman–Crippen LogP) is 5.19. The van der Waals surface area contributed by atoms with Gasteiger partial charge < -0.3 is 14.7 Å². The van der Waals surface area contributed by atoms with Gasteiger partial charge in [0, 0.05) is 29.2 Å². The predicted molar refractivity (Wildman–Crippen MR) is 114 cm³/mol. The molecule has 2 aliphatic rings. The van der Waals surface area contributed by atoms with E-state index in [1.165, 1.54) is 0 Å². The van der Waals surface area contributed by atoms with Gasteiger partial charge in [-0.25, -0.2) is 0 Å². The summed E-state index contributed by atoms with van der Waals surface area (Å²) < 4.78 is 48.5. The fraction of sp³-hybridized carbons (Fsp3) is 0.478. The van der Waals surface area contributed by atoms with Gasteiger partial charge >= 0.3 is 6.18 Å². The third-order valence-corrected chi connectivity index (χ3v) is 7.03. The van der Waals surface area contributed by atoms with Crippen LogP contribution in [0.5, 0.6) is 5.75 Å². The minimum Gasteiger partial charge on any atom is -0.493 e. The van der Waals surface area contributed by atoms with E-state index < -0.39 is 30.2 Å². The summed E-state index contributed by atoms with van der Waals surface area (Å²) in [5, 5.41) is 11.1. The number of alkyl halides is 3. The van der Waals surface area contributed by atoms with E-state index in [4.69, 9.17) is 4.74 Å². The molecule has 0 radical (unpaired) electrons. The molecule has 2 aromatic rings. The smallest absolute Gasteiger partial charge is 0.418 e. The average molecular weight is 438 g/mol. The number of fused-ring (bicyclic) bond motifs is 2. The Morgan fingerprint density at radius 1 is 1.10 bits per heavy atom. The van der Waals surface area contributed by atoms with Crippen LogP contribution in [0.25, 0.3) is 0 Å². The van der Waals surface area contributed by atoms with E-state index >= 15 is 0 Å². The molecule has 0 amide bonds. The van der Waals surface area contributed by atoms with Gasteiger partial charge in [0.25, 0.3) is 0 Å². The lowest BCUT2D eigenvalue weighted by Gasteiger charge is -2.42. The molecule has 1 N–H and O–H groups in total. The summed E-state index contributed by atoms with van der Waals surface area (Å²) in [5.74, 6) is 1.36. The Morgan fingerprint density at radius 3 is 2.63 bits per heavy atom. The third kappa shape index (κ3) is 3.89. The van der Waals surface area contributed by atoms with Crippen LogP contribution in [0.1, 0.15) is 31.4 Å². The first kappa shape index (κ1) is 21.4. The Labute approximate surface area is 179 Å². The highest BCUT2D eigenvalue weighted by atomic mass is 32.2. The maximum Gasteiger partial charge on any atom is 0.418 e. The number of benzene rings is 2. The van der Waals surface area contributed by atoms with Crippen LogP contribution in [0.3, 0.4) is 0 Å². The molecule has 0 fully saturated rings. The molecule has 0 spiro atoms. The highest BCUT2D eigenvalue weighted by molar-refractivity contribution is 7.99. The van der Waals surface area contributed by atoms with Crippen LogP contribution in [0.2, 0.25) is 0 Å². The number of hydrogen-bond acceptors (Lipinski definition) is 4. The van der Waals surface area contributed by atoms with E-state index in [-0.39, 0.29) is 0 Å². The van der Waals surface area contributed by atoms with Gasteiger partial charge in [-0.1, -0.05) is 44.2 Å². The first-order chi connectivity index (χ1) is 14.1. The average Bonchev–Trinajstić information content (AvgIpc) is 3.15. The number of aliphatic hydroxyl groups is 1. The first-order valence-corrected chi connectivity index (χ1v) is 11.1. The Bertz CT molecular complexity index is 931. The zero-order valence-corrected chi connectivity index (χ0v) is 17.9. The second kappa shape index (κ2) is 7.68. The number of β-amino-alcohol motifs (C(OH)–C–C–N with tert-alkyl or cyclic N) is 1. The first-order valence-electron chi connectivity index (χ1n) is 10.1. The molecule has 0 aliphatic carbocycles. The third-order valence-electron chi connectivity index (χ3n) is 5.98. The van der Waals surface area contributed by atoms with Crippen molar-refractivity contribution in [3.05, 3.63) is 53.6 Å². The Balaban J connectivity index is 1.66. The summed E-state index contributed by atoms with van der Waals surface area (Å²) in [6.07, 6.45) is -4.46. The van der Waals surface area contributed by atoms with Gasteiger partial charge in [0.05, 0.1) is 18.8 Å². The Kier molecular flexibility index (Phi) is 5.47. The van der Waals surface area contributed by atoms with E-state index in [9.17, 15) is 18.3 Å². The summed E-state index contributed by atoms with van der Waals surface area (Å²) in [5.41, 5.74) is -1.30. The largest absolute Gasteiger partial charge is 0.493 e. The molecule has 162 valence electrons. The van der Waals surface area contributed by atoms with Crippen molar-refractivity contribution in [1.29, 1.82) is 0 Å². The van der Waals surface area contributed by atoms with Gasteiger partial charge in [0.2, 0.25) is 0 Å². The van der Waals surface area contributed by atoms with E-state index in [2.05, 4.69) is 0 Å². The van der Waals surface area contributed by atoms with Crippen LogP contribution in [-0.2, 0) is 11.8 Å². The fourth-order valence-corrected chi connectivity index (χ4v) is 5.58. The number of para-hydroxylation sites is 2. The van der Waals surface area contributed by atoms with Crippen molar-refractivity contribution in [1.82, 2.24) is 0 Å². The van der Waals surface area contributed by atoms with Gasteiger partial charge in [-0.2, -0.15) is 13.2 Å². The lowest BCUT2D eigenvalue weighted by atomic mass is 9.74. The Morgan fingerprint density at radius 2 is 1.87 bits per heavy atom. The summed E-state index contributed by atoms with van der Waals surface area (Å²) in [6.45, 7) is 4.01. The molecule has 30 heavy (non-hydrogen) atoms. The van der Waals surface area contributed by atoms with Crippen molar-refractivity contribution < 1.29 is 23.0 Å². The molecule has 1 unspecified atom stereocenters. The molecule has 0 aromatic heterocycles. The molecule has 1 atom stereocenters. The van der Waals surface area contributed by atoms with Crippen LogP contribution in [-0.4, -0.2) is 42.3 Å². The van der Waals surface area contributed by atoms with Crippen molar-refractivity contribution in [3.8, 4) is 5.75 Å². The molecule has 2 heterocycles. The number of rotatable bonds is 5. The quantitative estimate of drug-likeness (QED) is 0.697. The van der Waals surface area contributed by atoms with Crippen LogP contribution in [0.15, 0.2) is 47.4 Å². The minimum atomic E-state index is -4.76. The zero-order chi connectivity index (χ0) is 21.6.